The predicted molar refractivity (Wildman–Crippen MR) is 90.3 cm³/mol. The topological polar surface area (TPSA) is 47.6 Å². The van der Waals surface area contributed by atoms with E-state index in [1.165, 1.54) is 0 Å². The van der Waals surface area contributed by atoms with Gasteiger partial charge in [0.25, 0.3) is 0 Å². The number of unbranched alkanes of at least 4 members (excludes halogenated alkanes) is 2. The van der Waals surface area contributed by atoms with Crippen molar-refractivity contribution in [3.63, 3.8) is 0 Å². The van der Waals surface area contributed by atoms with Crippen LogP contribution >= 0.6 is 0 Å². The third-order valence-corrected chi connectivity index (χ3v) is 3.20. The highest BCUT2D eigenvalue weighted by Gasteiger charge is 2.04. The Morgan fingerprint density at radius 1 is 1.18 bits per heavy atom. The summed E-state index contributed by atoms with van der Waals surface area (Å²) in [5.41, 5.74) is 0.908. The number of amides is 1. The average Bonchev–Trinajstić information content (AvgIpc) is 2.54. The van der Waals surface area contributed by atoms with Gasteiger partial charge in [0.05, 0.1) is 13.7 Å². The van der Waals surface area contributed by atoms with Gasteiger partial charge in [-0.15, -0.1) is 0 Å². The molecule has 1 rings (SSSR count). The number of hydrogen-bond acceptors (Lipinski definition) is 3. The summed E-state index contributed by atoms with van der Waals surface area (Å²) < 4.78 is 11.0. The van der Waals surface area contributed by atoms with Crippen LogP contribution in [0, 0.1) is 0 Å². The van der Waals surface area contributed by atoms with E-state index in [4.69, 9.17) is 9.47 Å². The molecule has 1 aromatic rings. The van der Waals surface area contributed by atoms with E-state index in [0.29, 0.717) is 18.9 Å². The molecule has 0 fully saturated rings. The van der Waals surface area contributed by atoms with E-state index in [-0.39, 0.29) is 5.91 Å². The second-order valence-corrected chi connectivity index (χ2v) is 5.09. The summed E-state index contributed by atoms with van der Waals surface area (Å²) in [6, 6.07) is 5.67. The van der Waals surface area contributed by atoms with Crippen LogP contribution in [0.5, 0.6) is 11.5 Å². The normalized spacial score (nSPS) is 10.7. The van der Waals surface area contributed by atoms with Gasteiger partial charge in [0.15, 0.2) is 11.5 Å². The van der Waals surface area contributed by atoms with Crippen molar-refractivity contribution < 1.29 is 14.3 Å². The summed E-state index contributed by atoms with van der Waals surface area (Å²) in [7, 11) is 1.62. The molecule has 0 unspecified atom stereocenters. The van der Waals surface area contributed by atoms with Crippen LogP contribution in [0.25, 0.3) is 6.08 Å². The molecule has 0 radical (unpaired) electrons. The Morgan fingerprint density at radius 3 is 2.64 bits per heavy atom. The Labute approximate surface area is 133 Å². The molecule has 0 spiro atoms. The van der Waals surface area contributed by atoms with E-state index in [2.05, 4.69) is 19.2 Å². The van der Waals surface area contributed by atoms with Gasteiger partial charge in [0.1, 0.15) is 0 Å². The van der Waals surface area contributed by atoms with Gasteiger partial charge in [-0.3, -0.25) is 4.79 Å². The van der Waals surface area contributed by atoms with Crippen molar-refractivity contribution in [1.82, 2.24) is 5.32 Å². The number of rotatable bonds is 10. The largest absolute Gasteiger partial charge is 0.493 e. The first-order valence-corrected chi connectivity index (χ1v) is 7.98. The SMILES string of the molecule is CCCCNC(=O)C=Cc1ccc(OCCCC)c(OC)c1. The fourth-order valence-electron chi connectivity index (χ4n) is 1.85. The molecule has 0 bridgehead atoms. The first-order valence-electron chi connectivity index (χ1n) is 7.98. The summed E-state index contributed by atoms with van der Waals surface area (Å²) in [6.07, 6.45) is 7.50. The molecule has 0 aliphatic heterocycles. The molecule has 0 aliphatic carbocycles. The third kappa shape index (κ3) is 6.66. The molecule has 0 saturated carbocycles. The number of carbonyl (C=O) groups is 1. The predicted octanol–water partition coefficient (Wildman–Crippen LogP) is 3.80. The van der Waals surface area contributed by atoms with Gasteiger partial charge >= 0.3 is 0 Å². The van der Waals surface area contributed by atoms with E-state index >= 15 is 0 Å². The lowest BCUT2D eigenvalue weighted by Crippen LogP contribution is -2.21. The highest BCUT2D eigenvalue weighted by Crippen LogP contribution is 2.28. The zero-order chi connectivity index (χ0) is 16.2. The van der Waals surface area contributed by atoms with Gasteiger partial charge in [0.2, 0.25) is 5.91 Å². The fourth-order valence-corrected chi connectivity index (χ4v) is 1.85. The minimum absolute atomic E-state index is 0.0734. The first-order chi connectivity index (χ1) is 10.7. The quantitative estimate of drug-likeness (QED) is 0.528. The summed E-state index contributed by atoms with van der Waals surface area (Å²) in [4.78, 5) is 11.6. The fraction of sp³-hybridized carbons (Fsp3) is 0.500. The van der Waals surface area contributed by atoms with Crippen molar-refractivity contribution in [3.05, 3.63) is 29.8 Å². The molecular weight excluding hydrogens is 278 g/mol. The molecule has 22 heavy (non-hydrogen) atoms. The molecule has 4 nitrogen and oxygen atoms in total. The summed E-state index contributed by atoms with van der Waals surface area (Å²) in [5.74, 6) is 1.35. The van der Waals surface area contributed by atoms with Crippen LogP contribution in [0.1, 0.15) is 45.1 Å². The summed E-state index contributed by atoms with van der Waals surface area (Å²) >= 11 is 0. The summed E-state index contributed by atoms with van der Waals surface area (Å²) in [6.45, 7) is 5.62. The summed E-state index contributed by atoms with van der Waals surface area (Å²) in [5, 5.41) is 2.85. The zero-order valence-corrected chi connectivity index (χ0v) is 13.9. The molecule has 0 heterocycles. The Bertz CT molecular complexity index is 483. The van der Waals surface area contributed by atoms with Crippen LogP contribution < -0.4 is 14.8 Å². The Balaban J connectivity index is 2.62. The number of hydrogen-bond donors (Lipinski definition) is 1. The first kappa shape index (κ1) is 18.1. The maximum atomic E-state index is 11.6. The number of nitrogens with one attached hydrogen (secondary N) is 1. The molecule has 1 N–H and O–H groups in total. The van der Waals surface area contributed by atoms with Gasteiger partial charge < -0.3 is 14.8 Å². The van der Waals surface area contributed by atoms with E-state index in [1.807, 2.05) is 18.2 Å². The molecule has 4 heteroatoms. The average molecular weight is 305 g/mol. The van der Waals surface area contributed by atoms with Gasteiger partial charge in [-0.25, -0.2) is 0 Å². The number of benzene rings is 1. The van der Waals surface area contributed by atoms with Crippen LogP contribution in [0.4, 0.5) is 0 Å². The molecule has 0 atom stereocenters. The van der Waals surface area contributed by atoms with Crippen LogP contribution in [0.2, 0.25) is 0 Å². The van der Waals surface area contributed by atoms with Crippen molar-refractivity contribution in [3.8, 4) is 11.5 Å². The second kappa shape index (κ2) is 10.7. The minimum Gasteiger partial charge on any atom is -0.493 e. The standard InChI is InChI=1S/C18H27NO3/c1-4-6-12-19-18(20)11-9-15-8-10-16(17(14-15)21-3)22-13-7-5-2/h8-11,14H,4-7,12-13H2,1-3H3,(H,19,20). The lowest BCUT2D eigenvalue weighted by atomic mass is 10.2. The van der Waals surface area contributed by atoms with Crippen LogP contribution in [0.15, 0.2) is 24.3 Å². The monoisotopic (exact) mass is 305 g/mol. The maximum Gasteiger partial charge on any atom is 0.243 e. The van der Waals surface area contributed by atoms with Gasteiger partial charge in [-0.1, -0.05) is 32.8 Å². The highest BCUT2D eigenvalue weighted by molar-refractivity contribution is 5.91. The Kier molecular flexibility index (Phi) is 8.80. The van der Waals surface area contributed by atoms with Crippen LogP contribution in [-0.2, 0) is 4.79 Å². The lowest BCUT2D eigenvalue weighted by molar-refractivity contribution is -0.116. The lowest BCUT2D eigenvalue weighted by Gasteiger charge is -2.10. The molecule has 0 aliphatic rings. The van der Waals surface area contributed by atoms with Gasteiger partial charge in [0, 0.05) is 12.6 Å². The maximum absolute atomic E-state index is 11.6. The molecule has 1 aromatic carbocycles. The van der Waals surface area contributed by atoms with Crippen LogP contribution in [-0.4, -0.2) is 26.2 Å². The van der Waals surface area contributed by atoms with E-state index in [1.54, 1.807) is 19.3 Å². The molecule has 122 valence electrons. The van der Waals surface area contributed by atoms with Gasteiger partial charge in [-0.05, 0) is 36.6 Å². The number of carbonyl (C=O) groups excluding carboxylic acids is 1. The Morgan fingerprint density at radius 2 is 1.95 bits per heavy atom. The van der Waals surface area contributed by atoms with Crippen molar-refractivity contribution in [1.29, 1.82) is 0 Å². The van der Waals surface area contributed by atoms with Gasteiger partial charge in [-0.2, -0.15) is 0 Å². The number of methoxy groups -OCH3 is 1. The van der Waals surface area contributed by atoms with Crippen molar-refractivity contribution in [2.45, 2.75) is 39.5 Å². The molecule has 0 aromatic heterocycles. The van der Waals surface area contributed by atoms with Crippen molar-refractivity contribution in [2.75, 3.05) is 20.3 Å². The smallest absolute Gasteiger partial charge is 0.243 e. The van der Waals surface area contributed by atoms with Crippen molar-refractivity contribution >= 4 is 12.0 Å². The molecular formula is C18H27NO3. The number of ether oxygens (including phenoxy) is 2. The van der Waals surface area contributed by atoms with Crippen LogP contribution in [0.3, 0.4) is 0 Å². The minimum atomic E-state index is -0.0734. The highest BCUT2D eigenvalue weighted by atomic mass is 16.5. The van der Waals surface area contributed by atoms with E-state index in [9.17, 15) is 4.79 Å². The molecule has 1 amide bonds. The Hall–Kier alpha value is -1.97. The molecule has 0 saturated heterocycles. The zero-order valence-electron chi connectivity index (χ0n) is 13.9. The second-order valence-electron chi connectivity index (χ2n) is 5.09. The van der Waals surface area contributed by atoms with E-state index < -0.39 is 0 Å². The third-order valence-electron chi connectivity index (χ3n) is 3.20. The van der Waals surface area contributed by atoms with E-state index in [0.717, 1.165) is 37.0 Å². The van der Waals surface area contributed by atoms with Crippen molar-refractivity contribution in [2.24, 2.45) is 0 Å².